The van der Waals surface area contributed by atoms with Gasteiger partial charge < -0.3 is 15.4 Å². The summed E-state index contributed by atoms with van der Waals surface area (Å²) in [7, 11) is 0. The fraction of sp³-hybridized carbons (Fsp3) is 0.875. The number of fused-ring (bicyclic) bond motifs is 5. The molecule has 0 spiro atoms. The molecule has 0 amide bonds. The largest absolute Gasteiger partial charge is 0.461 e. The Labute approximate surface area is 203 Å². The van der Waals surface area contributed by atoms with E-state index in [-0.39, 0.29) is 77.2 Å². The van der Waals surface area contributed by atoms with Crippen LogP contribution in [0.25, 0.3) is 0 Å². The molecule has 1 heterocycles. The lowest BCUT2D eigenvalue weighted by molar-refractivity contribution is -0.175. The number of esters is 1. The molecule has 8 heteroatoms. The Kier molecular flexibility index (Phi) is 7.71. The smallest absolute Gasteiger partial charge is 0.324 e. The van der Waals surface area contributed by atoms with E-state index in [1.54, 1.807) is 0 Å². The number of carbonyl (C=O) groups is 3. The van der Waals surface area contributed by atoms with E-state index in [0.717, 1.165) is 38.8 Å². The number of hydrogen-bond acceptors (Lipinski definition) is 6. The lowest BCUT2D eigenvalue weighted by atomic mass is 9.44. The summed E-state index contributed by atoms with van der Waals surface area (Å²) >= 11 is 0. The number of carbonyl (C=O) groups excluding carboxylic acids is 3. The number of hydrogen-bond donors (Lipinski definition) is 2. The summed E-state index contributed by atoms with van der Waals surface area (Å²) in [5.74, 6) is -0.186. The molecule has 8 atom stereocenters. The van der Waals surface area contributed by atoms with Gasteiger partial charge in [0.1, 0.15) is 12.1 Å². The van der Waals surface area contributed by atoms with Crippen molar-refractivity contribution in [3.8, 4) is 0 Å². The average molecular weight is 489 g/mol. The molecule has 1 saturated heterocycles. The molecular formula is C24H38Cl2N2O4. The van der Waals surface area contributed by atoms with Gasteiger partial charge in [0.15, 0.2) is 0 Å². The van der Waals surface area contributed by atoms with Gasteiger partial charge in [0, 0.05) is 31.5 Å². The summed E-state index contributed by atoms with van der Waals surface area (Å²) in [6.07, 6.45) is 7.65. The summed E-state index contributed by atoms with van der Waals surface area (Å²) in [5, 5.41) is 6.40. The standard InChI is InChI=1S/C24H36N2O4.2ClH/c1-23-7-3-4-15(23)19-16(6-8-23)24(2)9-5-14(12-17(24)20(27)21(19)28)30-22(29)18-13-25-10-11-26-18;;/h14-19,25-26H,3-13H2,1-2H3;2*1H/t14?,15-,16+,17?,18+,19-,23-,24+;;/m0../s1. The van der Waals surface area contributed by atoms with Crippen LogP contribution in [0.1, 0.15) is 65.2 Å². The number of ether oxygens (including phenoxy) is 1. The zero-order valence-electron chi connectivity index (χ0n) is 19.2. The molecule has 4 aliphatic carbocycles. The van der Waals surface area contributed by atoms with Crippen LogP contribution in [-0.4, -0.2) is 49.3 Å². The second kappa shape index (κ2) is 9.52. The fourth-order valence-corrected chi connectivity index (χ4v) is 7.89. The molecule has 1 aliphatic heterocycles. The third kappa shape index (κ3) is 4.03. The molecule has 32 heavy (non-hydrogen) atoms. The minimum Gasteiger partial charge on any atom is -0.461 e. The van der Waals surface area contributed by atoms with Crippen molar-refractivity contribution in [3.05, 3.63) is 0 Å². The van der Waals surface area contributed by atoms with Crippen LogP contribution in [0.2, 0.25) is 0 Å². The lowest BCUT2D eigenvalue weighted by Crippen LogP contribution is -2.61. The highest BCUT2D eigenvalue weighted by Gasteiger charge is 2.64. The van der Waals surface area contributed by atoms with Crippen LogP contribution in [-0.2, 0) is 19.1 Å². The summed E-state index contributed by atoms with van der Waals surface area (Å²) < 4.78 is 5.82. The monoisotopic (exact) mass is 488 g/mol. The average Bonchev–Trinajstić information content (AvgIpc) is 3.15. The summed E-state index contributed by atoms with van der Waals surface area (Å²) in [6.45, 7) is 6.78. The van der Waals surface area contributed by atoms with Crippen LogP contribution >= 0.6 is 24.8 Å². The third-order valence-electron chi connectivity index (χ3n) is 9.67. The number of piperazine rings is 1. The number of ketones is 2. The molecule has 5 aliphatic rings. The summed E-state index contributed by atoms with van der Waals surface area (Å²) in [4.78, 5) is 39.2. The topological polar surface area (TPSA) is 84.5 Å². The normalized spacial score (nSPS) is 45.4. The second-order valence-corrected chi connectivity index (χ2v) is 11.2. The van der Waals surface area contributed by atoms with Crippen molar-refractivity contribution in [2.45, 2.75) is 77.4 Å². The number of nitrogens with one attached hydrogen (secondary N) is 2. The molecule has 0 aromatic rings. The first-order valence-corrected chi connectivity index (χ1v) is 12.1. The minimum absolute atomic E-state index is 0. The first kappa shape index (κ1) is 25.9. The predicted molar refractivity (Wildman–Crippen MR) is 126 cm³/mol. The molecule has 2 N–H and O–H groups in total. The van der Waals surface area contributed by atoms with Crippen LogP contribution in [0.5, 0.6) is 0 Å². The number of halogens is 2. The highest BCUT2D eigenvalue weighted by Crippen LogP contribution is 2.64. The molecule has 5 fully saturated rings. The van der Waals surface area contributed by atoms with Gasteiger partial charge in [0.2, 0.25) is 11.6 Å². The van der Waals surface area contributed by atoms with E-state index in [2.05, 4.69) is 24.5 Å². The van der Waals surface area contributed by atoms with Gasteiger partial charge >= 0.3 is 5.97 Å². The maximum atomic E-state index is 13.3. The van der Waals surface area contributed by atoms with Gasteiger partial charge in [-0.15, -0.1) is 24.8 Å². The van der Waals surface area contributed by atoms with Gasteiger partial charge in [-0.1, -0.05) is 20.3 Å². The molecule has 0 aromatic carbocycles. The Bertz CT molecular complexity index is 758. The van der Waals surface area contributed by atoms with Gasteiger partial charge in [-0.2, -0.15) is 0 Å². The zero-order valence-corrected chi connectivity index (χ0v) is 20.8. The van der Waals surface area contributed by atoms with E-state index in [4.69, 9.17) is 4.74 Å². The Balaban J connectivity index is 0.00000144. The highest BCUT2D eigenvalue weighted by atomic mass is 35.5. The van der Waals surface area contributed by atoms with Crippen molar-refractivity contribution in [2.75, 3.05) is 19.6 Å². The van der Waals surface area contributed by atoms with E-state index >= 15 is 0 Å². The number of rotatable bonds is 2. The van der Waals surface area contributed by atoms with Crippen molar-refractivity contribution in [1.82, 2.24) is 10.6 Å². The van der Waals surface area contributed by atoms with Gasteiger partial charge in [-0.25, -0.2) is 0 Å². The first-order chi connectivity index (χ1) is 14.3. The molecule has 5 rings (SSSR count). The fourth-order valence-electron chi connectivity index (χ4n) is 7.89. The van der Waals surface area contributed by atoms with E-state index in [9.17, 15) is 14.4 Å². The van der Waals surface area contributed by atoms with Crippen LogP contribution in [0, 0.1) is 34.5 Å². The van der Waals surface area contributed by atoms with Crippen molar-refractivity contribution in [2.24, 2.45) is 34.5 Å². The molecule has 0 bridgehead atoms. The van der Waals surface area contributed by atoms with Crippen molar-refractivity contribution in [1.29, 1.82) is 0 Å². The molecule has 0 radical (unpaired) electrons. The SMILES string of the molecule is C[C@@]12CCC[C@H]1[C@@H]1C(=O)C(=O)C3CC(OC(=O)[C@H]4CNCCN4)CC[C@]3(C)[C@@H]1CC2.Cl.Cl. The Morgan fingerprint density at radius 3 is 2.47 bits per heavy atom. The second-order valence-electron chi connectivity index (χ2n) is 11.2. The third-order valence-corrected chi connectivity index (χ3v) is 9.67. The zero-order chi connectivity index (χ0) is 21.1. The first-order valence-electron chi connectivity index (χ1n) is 12.1. The summed E-state index contributed by atoms with van der Waals surface area (Å²) in [5.41, 5.74) is 0.112. The quantitative estimate of drug-likeness (QED) is 0.458. The van der Waals surface area contributed by atoms with E-state index in [1.165, 1.54) is 19.3 Å². The van der Waals surface area contributed by atoms with Gasteiger partial charge in [0.25, 0.3) is 0 Å². The maximum Gasteiger partial charge on any atom is 0.324 e. The van der Waals surface area contributed by atoms with Crippen molar-refractivity contribution < 1.29 is 19.1 Å². The molecule has 182 valence electrons. The number of Topliss-reactive ketones (excluding diaryl/α,β-unsaturated/α-hetero) is 2. The van der Waals surface area contributed by atoms with Crippen LogP contribution < -0.4 is 10.6 Å². The minimum atomic E-state index is -0.321. The van der Waals surface area contributed by atoms with Crippen molar-refractivity contribution >= 4 is 42.3 Å². The Hall–Kier alpha value is -0.690. The highest BCUT2D eigenvalue weighted by molar-refractivity contribution is 6.39. The molecule has 2 unspecified atom stereocenters. The van der Waals surface area contributed by atoms with Gasteiger partial charge in [-0.3, -0.25) is 14.4 Å². The maximum absolute atomic E-state index is 13.3. The molecule has 0 aromatic heterocycles. The lowest BCUT2D eigenvalue weighted by Gasteiger charge is -2.58. The van der Waals surface area contributed by atoms with Gasteiger partial charge in [0.05, 0.1) is 0 Å². The van der Waals surface area contributed by atoms with Crippen LogP contribution in [0.15, 0.2) is 0 Å². The Morgan fingerprint density at radius 2 is 1.75 bits per heavy atom. The van der Waals surface area contributed by atoms with E-state index in [1.807, 2.05) is 0 Å². The Morgan fingerprint density at radius 1 is 0.969 bits per heavy atom. The van der Waals surface area contributed by atoms with Crippen molar-refractivity contribution in [3.63, 3.8) is 0 Å². The van der Waals surface area contributed by atoms with E-state index < -0.39 is 0 Å². The summed E-state index contributed by atoms with van der Waals surface area (Å²) in [6, 6.07) is -0.321. The van der Waals surface area contributed by atoms with Gasteiger partial charge in [-0.05, 0) is 67.6 Å². The molecular weight excluding hydrogens is 451 g/mol. The molecule has 6 nitrogen and oxygen atoms in total. The molecule has 4 saturated carbocycles. The van der Waals surface area contributed by atoms with Crippen LogP contribution in [0.4, 0.5) is 0 Å². The predicted octanol–water partition coefficient (Wildman–Crippen LogP) is 3.09. The van der Waals surface area contributed by atoms with E-state index in [0.29, 0.717) is 24.8 Å². The van der Waals surface area contributed by atoms with Crippen LogP contribution in [0.3, 0.4) is 0 Å².